The van der Waals surface area contributed by atoms with Crippen molar-refractivity contribution in [3.8, 4) is 28.5 Å². The lowest BCUT2D eigenvalue weighted by molar-refractivity contribution is 0.324. The molecule has 0 saturated carbocycles. The van der Waals surface area contributed by atoms with Crippen molar-refractivity contribution in [2.24, 2.45) is 0 Å². The number of hydrogen-bond donors (Lipinski definition) is 0. The summed E-state index contributed by atoms with van der Waals surface area (Å²) < 4.78 is 16.0. The molecule has 0 aliphatic heterocycles. The number of aromatic nitrogens is 1. The Balaban J connectivity index is 2.50. The van der Waals surface area contributed by atoms with E-state index in [9.17, 15) is 0 Å². The van der Waals surface area contributed by atoms with Gasteiger partial charge in [-0.2, -0.15) is 0 Å². The Hall–Kier alpha value is -1.94. The van der Waals surface area contributed by atoms with Gasteiger partial charge in [0.25, 0.3) is 0 Å². The lowest BCUT2D eigenvalue weighted by Gasteiger charge is -2.14. The van der Waals surface area contributed by atoms with Crippen LogP contribution in [0.2, 0.25) is 0 Å². The molecule has 0 bridgehead atoms. The topological polar surface area (TPSA) is 40.6 Å². The molecule has 0 fully saturated rings. The van der Waals surface area contributed by atoms with Gasteiger partial charge in [-0.15, -0.1) is 11.6 Å². The van der Waals surface area contributed by atoms with Crippen LogP contribution in [0.25, 0.3) is 11.3 Å². The second-order valence-corrected chi connectivity index (χ2v) is 4.37. The van der Waals surface area contributed by atoms with E-state index >= 15 is 0 Å². The van der Waals surface area contributed by atoms with Crippen LogP contribution in [0.3, 0.4) is 0 Å². The molecule has 0 amide bonds. The summed E-state index contributed by atoms with van der Waals surface area (Å²) in [6.07, 6.45) is 1.76. The third kappa shape index (κ3) is 2.80. The van der Waals surface area contributed by atoms with Crippen molar-refractivity contribution in [1.82, 2.24) is 4.98 Å². The zero-order valence-corrected chi connectivity index (χ0v) is 12.4. The van der Waals surface area contributed by atoms with Gasteiger partial charge in [0.2, 0.25) is 5.75 Å². The normalized spacial score (nSPS) is 10.2. The predicted octanol–water partition coefficient (Wildman–Crippen LogP) is 3.51. The van der Waals surface area contributed by atoms with Crippen LogP contribution in [-0.2, 0) is 5.88 Å². The average Bonchev–Trinajstić information content (AvgIpc) is 2.53. The first-order valence-corrected chi connectivity index (χ1v) is 6.58. The van der Waals surface area contributed by atoms with Crippen LogP contribution in [0.5, 0.6) is 17.2 Å². The van der Waals surface area contributed by atoms with E-state index < -0.39 is 0 Å². The molecule has 4 nitrogen and oxygen atoms in total. The number of rotatable bonds is 5. The maximum Gasteiger partial charge on any atom is 0.203 e. The van der Waals surface area contributed by atoms with Crippen LogP contribution in [-0.4, -0.2) is 26.3 Å². The van der Waals surface area contributed by atoms with Crippen LogP contribution in [0, 0.1) is 0 Å². The number of methoxy groups -OCH3 is 3. The summed E-state index contributed by atoms with van der Waals surface area (Å²) in [5.41, 5.74) is 2.68. The van der Waals surface area contributed by atoms with Gasteiger partial charge in [0.1, 0.15) is 0 Å². The van der Waals surface area contributed by atoms with Crippen molar-refractivity contribution in [3.05, 3.63) is 36.0 Å². The quantitative estimate of drug-likeness (QED) is 0.791. The summed E-state index contributed by atoms with van der Waals surface area (Å²) in [7, 11) is 4.75. The Labute approximate surface area is 123 Å². The van der Waals surface area contributed by atoms with Crippen LogP contribution >= 0.6 is 11.6 Å². The molecule has 106 valence electrons. The number of ether oxygens (including phenoxy) is 3. The molecule has 0 saturated heterocycles. The number of pyridine rings is 1. The van der Waals surface area contributed by atoms with Crippen LogP contribution in [0.15, 0.2) is 30.5 Å². The van der Waals surface area contributed by atoms with Crippen LogP contribution in [0.1, 0.15) is 5.56 Å². The van der Waals surface area contributed by atoms with Crippen molar-refractivity contribution in [1.29, 1.82) is 0 Å². The second kappa shape index (κ2) is 6.48. The molecule has 0 spiro atoms. The molecular weight excluding hydrogens is 278 g/mol. The SMILES string of the molecule is COc1cc(-c2ccc(CCl)cn2)cc(OC)c1OC. The van der Waals surface area contributed by atoms with Gasteiger partial charge in [-0.3, -0.25) is 4.98 Å². The first-order valence-electron chi connectivity index (χ1n) is 6.04. The molecule has 1 aromatic heterocycles. The number of halogens is 1. The van der Waals surface area contributed by atoms with Crippen LogP contribution in [0.4, 0.5) is 0 Å². The predicted molar refractivity (Wildman–Crippen MR) is 78.9 cm³/mol. The van der Waals surface area contributed by atoms with E-state index in [-0.39, 0.29) is 0 Å². The molecule has 20 heavy (non-hydrogen) atoms. The number of nitrogens with zero attached hydrogens (tertiary/aromatic N) is 1. The number of alkyl halides is 1. The van der Waals surface area contributed by atoms with Crippen molar-refractivity contribution >= 4 is 11.6 Å². The van der Waals surface area contributed by atoms with Gasteiger partial charge in [-0.25, -0.2) is 0 Å². The monoisotopic (exact) mass is 293 g/mol. The molecule has 1 aromatic carbocycles. The highest BCUT2D eigenvalue weighted by molar-refractivity contribution is 6.17. The van der Waals surface area contributed by atoms with Gasteiger partial charge < -0.3 is 14.2 Å². The molecule has 0 unspecified atom stereocenters. The summed E-state index contributed by atoms with van der Waals surface area (Å²) in [4.78, 5) is 4.39. The van der Waals surface area contributed by atoms with E-state index in [2.05, 4.69) is 4.98 Å². The second-order valence-electron chi connectivity index (χ2n) is 4.10. The fourth-order valence-corrected chi connectivity index (χ4v) is 2.06. The van der Waals surface area contributed by atoms with Crippen molar-refractivity contribution in [3.63, 3.8) is 0 Å². The summed E-state index contributed by atoms with van der Waals surface area (Å²) in [5, 5.41) is 0. The zero-order chi connectivity index (χ0) is 14.5. The maximum atomic E-state index is 5.76. The van der Waals surface area contributed by atoms with E-state index in [4.69, 9.17) is 25.8 Å². The number of hydrogen-bond acceptors (Lipinski definition) is 4. The molecule has 0 aliphatic carbocycles. The van der Waals surface area contributed by atoms with Crippen molar-refractivity contribution < 1.29 is 14.2 Å². The van der Waals surface area contributed by atoms with Gasteiger partial charge in [-0.05, 0) is 23.8 Å². The fraction of sp³-hybridized carbons (Fsp3) is 0.267. The first-order chi connectivity index (χ1) is 9.73. The Bertz CT molecular complexity index is 559. The molecule has 2 aromatic rings. The molecule has 0 radical (unpaired) electrons. The van der Waals surface area contributed by atoms with E-state index in [0.29, 0.717) is 23.1 Å². The van der Waals surface area contributed by atoms with E-state index in [1.807, 2.05) is 24.3 Å². The Kier molecular flexibility index (Phi) is 4.69. The highest BCUT2D eigenvalue weighted by atomic mass is 35.5. The molecule has 5 heteroatoms. The lowest BCUT2D eigenvalue weighted by Crippen LogP contribution is -1.96. The van der Waals surface area contributed by atoms with Gasteiger partial charge in [0, 0.05) is 17.6 Å². The van der Waals surface area contributed by atoms with Crippen molar-refractivity contribution in [2.75, 3.05) is 21.3 Å². The molecule has 0 aliphatic rings. The minimum Gasteiger partial charge on any atom is -0.493 e. The molecular formula is C15H16ClNO3. The summed E-state index contributed by atoms with van der Waals surface area (Å²) >= 11 is 5.76. The van der Waals surface area contributed by atoms with Gasteiger partial charge in [0.05, 0.1) is 27.0 Å². The summed E-state index contributed by atoms with van der Waals surface area (Å²) in [6, 6.07) is 7.59. The molecule has 0 atom stereocenters. The largest absolute Gasteiger partial charge is 0.493 e. The lowest BCUT2D eigenvalue weighted by atomic mass is 10.1. The van der Waals surface area contributed by atoms with Gasteiger partial charge in [-0.1, -0.05) is 6.07 Å². The molecule has 0 N–H and O–H groups in total. The Morgan fingerprint density at radius 1 is 1.00 bits per heavy atom. The minimum absolute atomic E-state index is 0.447. The van der Waals surface area contributed by atoms with Crippen molar-refractivity contribution in [2.45, 2.75) is 5.88 Å². The van der Waals surface area contributed by atoms with Crippen LogP contribution < -0.4 is 14.2 Å². The third-order valence-electron chi connectivity index (χ3n) is 2.94. The van der Waals surface area contributed by atoms with E-state index in [1.165, 1.54) is 0 Å². The average molecular weight is 294 g/mol. The Morgan fingerprint density at radius 3 is 2.05 bits per heavy atom. The molecule has 1 heterocycles. The summed E-state index contributed by atoms with van der Waals surface area (Å²) in [6.45, 7) is 0. The number of benzene rings is 1. The fourth-order valence-electron chi connectivity index (χ4n) is 1.90. The minimum atomic E-state index is 0.447. The zero-order valence-electron chi connectivity index (χ0n) is 11.6. The molecule has 2 rings (SSSR count). The Morgan fingerprint density at radius 2 is 1.65 bits per heavy atom. The van der Waals surface area contributed by atoms with E-state index in [1.54, 1.807) is 27.5 Å². The standard InChI is InChI=1S/C15H16ClNO3/c1-18-13-6-11(7-14(19-2)15(13)20-3)12-5-4-10(8-16)9-17-12/h4-7,9H,8H2,1-3H3. The highest BCUT2D eigenvalue weighted by Gasteiger charge is 2.14. The van der Waals surface area contributed by atoms with Gasteiger partial charge >= 0.3 is 0 Å². The first kappa shape index (κ1) is 14.5. The summed E-state index contributed by atoms with van der Waals surface area (Å²) in [5.74, 6) is 2.22. The highest BCUT2D eigenvalue weighted by Crippen LogP contribution is 2.40. The maximum absolute atomic E-state index is 5.76. The van der Waals surface area contributed by atoms with E-state index in [0.717, 1.165) is 16.8 Å². The third-order valence-corrected chi connectivity index (χ3v) is 3.25. The smallest absolute Gasteiger partial charge is 0.203 e. The van der Waals surface area contributed by atoms with Gasteiger partial charge in [0.15, 0.2) is 11.5 Å².